The van der Waals surface area contributed by atoms with Crippen molar-refractivity contribution in [1.29, 1.82) is 0 Å². The molecular formula is C23H22N4O5. The first-order valence-electron chi connectivity index (χ1n) is 10.2. The van der Waals surface area contributed by atoms with Gasteiger partial charge in [-0.05, 0) is 11.6 Å². The van der Waals surface area contributed by atoms with Gasteiger partial charge in [0.2, 0.25) is 11.0 Å². The average molecular weight is 434 g/mol. The van der Waals surface area contributed by atoms with Crippen LogP contribution >= 0.6 is 0 Å². The monoisotopic (exact) mass is 434 g/mol. The maximum Gasteiger partial charge on any atom is 0.270 e. The van der Waals surface area contributed by atoms with Gasteiger partial charge in [0.25, 0.3) is 11.8 Å². The lowest BCUT2D eigenvalue weighted by Gasteiger charge is -2.30. The molecule has 32 heavy (non-hydrogen) atoms. The van der Waals surface area contributed by atoms with E-state index < -0.39 is 0 Å². The van der Waals surface area contributed by atoms with E-state index in [1.54, 1.807) is 15.7 Å². The Kier molecular flexibility index (Phi) is 6.16. The molecule has 0 atom stereocenters. The number of nitrogens with zero attached hydrogens (tertiary/aromatic N) is 2. The van der Waals surface area contributed by atoms with Gasteiger partial charge >= 0.3 is 0 Å². The highest BCUT2D eigenvalue weighted by Gasteiger charge is 2.25. The van der Waals surface area contributed by atoms with Gasteiger partial charge < -0.3 is 24.5 Å². The van der Waals surface area contributed by atoms with Crippen LogP contribution in [0.15, 0.2) is 70.5 Å². The van der Waals surface area contributed by atoms with Crippen LogP contribution < -0.4 is 21.0 Å². The third-order valence-corrected chi connectivity index (χ3v) is 5.16. The highest BCUT2D eigenvalue weighted by atomic mass is 16.5. The van der Waals surface area contributed by atoms with Crippen LogP contribution in [-0.2, 0) is 13.2 Å². The van der Waals surface area contributed by atoms with Gasteiger partial charge in [-0.1, -0.05) is 30.3 Å². The van der Waals surface area contributed by atoms with Crippen LogP contribution in [0.2, 0.25) is 0 Å². The molecule has 1 aromatic carbocycles. The van der Waals surface area contributed by atoms with E-state index in [0.29, 0.717) is 30.9 Å². The van der Waals surface area contributed by atoms with Crippen LogP contribution in [0.1, 0.15) is 26.4 Å². The van der Waals surface area contributed by atoms with Gasteiger partial charge in [-0.3, -0.25) is 19.2 Å². The molecule has 0 saturated heterocycles. The Morgan fingerprint density at radius 1 is 1.06 bits per heavy atom. The molecule has 1 aliphatic rings. The number of hydrogen-bond acceptors (Lipinski definition) is 5. The number of hydrogen-bond donors (Lipinski definition) is 2. The molecule has 2 N–H and O–H groups in total. The number of benzene rings is 1. The van der Waals surface area contributed by atoms with Crippen LogP contribution in [0.4, 0.5) is 0 Å². The molecule has 3 heterocycles. The smallest absolute Gasteiger partial charge is 0.270 e. The van der Waals surface area contributed by atoms with E-state index in [2.05, 4.69) is 10.3 Å². The molecule has 1 aliphatic heterocycles. The Morgan fingerprint density at radius 3 is 2.62 bits per heavy atom. The molecule has 4 rings (SSSR count). The first-order valence-corrected chi connectivity index (χ1v) is 10.2. The minimum absolute atomic E-state index is 0.201. The Balaban J connectivity index is 1.36. The Bertz CT molecular complexity index is 1230. The van der Waals surface area contributed by atoms with Crippen LogP contribution in [0.25, 0.3) is 0 Å². The highest BCUT2D eigenvalue weighted by molar-refractivity contribution is 5.94. The molecule has 2 amide bonds. The normalized spacial score (nSPS) is 12.9. The number of H-pyrrole nitrogens is 1. The number of rotatable bonds is 7. The predicted molar refractivity (Wildman–Crippen MR) is 117 cm³/mol. The molecule has 164 valence electrons. The number of carbonyl (C=O) groups is 2. The number of aromatic nitrogens is 2. The maximum atomic E-state index is 12.8. The van der Waals surface area contributed by atoms with Crippen LogP contribution in [0.3, 0.4) is 0 Å². The topological polar surface area (TPSA) is 114 Å². The second-order valence-corrected chi connectivity index (χ2v) is 7.34. The number of ether oxygens (including phenoxy) is 1. The molecule has 0 saturated carbocycles. The van der Waals surface area contributed by atoms with Gasteiger partial charge in [0.05, 0.1) is 11.8 Å². The summed E-state index contributed by atoms with van der Waals surface area (Å²) in [5.41, 5.74) is 0.923. The quantitative estimate of drug-likeness (QED) is 0.576. The highest BCUT2D eigenvalue weighted by Crippen LogP contribution is 2.15. The van der Waals surface area contributed by atoms with Gasteiger partial charge in [-0.2, -0.15) is 0 Å². The van der Waals surface area contributed by atoms with Gasteiger partial charge in [-0.25, -0.2) is 0 Å². The van der Waals surface area contributed by atoms with Crippen molar-refractivity contribution in [3.63, 3.8) is 0 Å². The molecule has 0 unspecified atom stereocenters. The standard InChI is InChI=1S/C23H22N4O5/c28-19-12-18-23(31)26(9-8-24-22(30)17-6-7-21(29)25-13-17)10-11-27(18)14-20(19)32-15-16-4-2-1-3-5-16/h1-7,12-14H,8-11,15H2,(H,24,30)(H,25,29). The lowest BCUT2D eigenvalue weighted by molar-refractivity contribution is 0.0696. The summed E-state index contributed by atoms with van der Waals surface area (Å²) in [7, 11) is 0. The fourth-order valence-electron chi connectivity index (χ4n) is 3.43. The predicted octanol–water partition coefficient (Wildman–Crippen LogP) is 1.00. The third-order valence-electron chi connectivity index (χ3n) is 5.16. The summed E-state index contributed by atoms with van der Waals surface area (Å²) in [5, 5.41) is 2.72. The summed E-state index contributed by atoms with van der Waals surface area (Å²) in [4.78, 5) is 52.5. The van der Waals surface area contributed by atoms with E-state index in [0.717, 1.165) is 5.56 Å². The van der Waals surface area contributed by atoms with Crippen LogP contribution in [0, 0.1) is 0 Å². The fourth-order valence-corrected chi connectivity index (χ4v) is 3.43. The average Bonchev–Trinajstić information content (AvgIpc) is 2.81. The van der Waals surface area contributed by atoms with Crippen LogP contribution in [-0.4, -0.2) is 45.9 Å². The molecule has 0 spiro atoms. The Labute approximate surface area is 183 Å². The zero-order valence-corrected chi connectivity index (χ0v) is 17.2. The zero-order valence-electron chi connectivity index (χ0n) is 17.2. The van der Waals surface area contributed by atoms with Crippen molar-refractivity contribution in [2.24, 2.45) is 0 Å². The van der Waals surface area contributed by atoms with Gasteiger partial charge in [-0.15, -0.1) is 0 Å². The number of carbonyl (C=O) groups excluding carboxylic acids is 2. The van der Waals surface area contributed by atoms with Crippen molar-refractivity contribution in [2.75, 3.05) is 19.6 Å². The Hall–Kier alpha value is -4.14. The van der Waals surface area contributed by atoms with Crippen LogP contribution in [0.5, 0.6) is 5.75 Å². The molecule has 9 nitrogen and oxygen atoms in total. The van der Waals surface area contributed by atoms with Gasteiger partial charge in [0.15, 0.2) is 5.75 Å². The molecule has 2 aromatic heterocycles. The first-order chi connectivity index (χ1) is 15.5. The summed E-state index contributed by atoms with van der Waals surface area (Å²) in [6.07, 6.45) is 2.91. The molecule has 9 heteroatoms. The van der Waals surface area contributed by atoms with Crippen molar-refractivity contribution in [2.45, 2.75) is 13.2 Å². The van der Waals surface area contributed by atoms with Crippen molar-refractivity contribution in [3.8, 4) is 5.75 Å². The van der Waals surface area contributed by atoms with Gasteiger partial charge in [0.1, 0.15) is 12.3 Å². The summed E-state index contributed by atoms with van der Waals surface area (Å²) >= 11 is 0. The zero-order chi connectivity index (χ0) is 22.5. The van der Waals surface area contributed by atoms with Crippen molar-refractivity contribution in [3.05, 3.63) is 98.3 Å². The van der Waals surface area contributed by atoms with Crippen molar-refractivity contribution < 1.29 is 14.3 Å². The summed E-state index contributed by atoms with van der Waals surface area (Å²) in [5.74, 6) is -0.421. The minimum Gasteiger partial charge on any atom is -0.483 e. The molecular weight excluding hydrogens is 412 g/mol. The molecule has 0 fully saturated rings. The third kappa shape index (κ3) is 4.77. The molecule has 0 aliphatic carbocycles. The number of nitrogens with one attached hydrogen (secondary N) is 2. The van der Waals surface area contributed by atoms with E-state index in [4.69, 9.17) is 4.74 Å². The lowest BCUT2D eigenvalue weighted by atomic mass is 10.2. The van der Waals surface area contributed by atoms with Crippen molar-refractivity contribution >= 4 is 11.8 Å². The SMILES string of the molecule is O=C(NCCN1CCn2cc(OCc3ccccc3)c(=O)cc2C1=O)c1ccc(=O)[nH]c1. The summed E-state index contributed by atoms with van der Waals surface area (Å²) < 4.78 is 7.39. The second-order valence-electron chi connectivity index (χ2n) is 7.34. The van der Waals surface area contributed by atoms with E-state index in [1.165, 1.54) is 24.4 Å². The largest absolute Gasteiger partial charge is 0.483 e. The molecule has 0 radical (unpaired) electrons. The summed E-state index contributed by atoms with van der Waals surface area (Å²) in [6, 6.07) is 13.5. The number of aromatic amines is 1. The number of pyridine rings is 2. The van der Waals surface area contributed by atoms with E-state index >= 15 is 0 Å². The first kappa shape index (κ1) is 21.1. The molecule has 0 bridgehead atoms. The second kappa shape index (κ2) is 9.34. The minimum atomic E-state index is -0.353. The van der Waals surface area contributed by atoms with E-state index in [1.807, 2.05) is 30.3 Å². The molecule has 3 aromatic rings. The number of amides is 2. The lowest BCUT2D eigenvalue weighted by Crippen LogP contribution is -2.45. The Morgan fingerprint density at radius 2 is 1.88 bits per heavy atom. The summed E-state index contributed by atoms with van der Waals surface area (Å²) in [6.45, 7) is 1.77. The number of fused-ring (bicyclic) bond motifs is 1. The van der Waals surface area contributed by atoms with Crippen molar-refractivity contribution in [1.82, 2.24) is 19.8 Å². The van der Waals surface area contributed by atoms with Gasteiger partial charge in [0, 0.05) is 44.5 Å². The fraction of sp³-hybridized carbons (Fsp3) is 0.217. The van der Waals surface area contributed by atoms with E-state index in [-0.39, 0.29) is 41.7 Å². The maximum absolute atomic E-state index is 12.8. The van der Waals surface area contributed by atoms with E-state index in [9.17, 15) is 19.2 Å².